The van der Waals surface area contributed by atoms with E-state index in [2.05, 4.69) is 10.5 Å². The summed E-state index contributed by atoms with van der Waals surface area (Å²) in [7, 11) is 3.21. The second kappa shape index (κ2) is 11.8. The van der Waals surface area contributed by atoms with Crippen LogP contribution in [0.1, 0.15) is 28.8 Å². The van der Waals surface area contributed by atoms with Crippen LogP contribution in [0.5, 0.6) is 11.5 Å². The van der Waals surface area contributed by atoms with Crippen LogP contribution in [0.2, 0.25) is 0 Å². The molecule has 1 aliphatic carbocycles. The number of aryl methyl sites for hydroxylation is 2. The Morgan fingerprint density at radius 1 is 1.07 bits per heavy atom. The summed E-state index contributed by atoms with van der Waals surface area (Å²) in [5, 5.41) is 7.38. The molecule has 10 heteroatoms. The molecule has 1 aliphatic rings. The van der Waals surface area contributed by atoms with Crippen molar-refractivity contribution in [2.24, 2.45) is 5.10 Å². The fourth-order valence-electron chi connectivity index (χ4n) is 5.16. The molecule has 0 radical (unpaired) electrons. The van der Waals surface area contributed by atoms with Gasteiger partial charge in [-0.05, 0) is 72.4 Å². The van der Waals surface area contributed by atoms with Crippen molar-refractivity contribution < 1.29 is 14.3 Å². The highest BCUT2D eigenvalue weighted by Crippen LogP contribution is 2.35. The maximum absolute atomic E-state index is 13.9. The van der Waals surface area contributed by atoms with Crippen molar-refractivity contribution in [3.05, 3.63) is 87.0 Å². The van der Waals surface area contributed by atoms with Crippen LogP contribution in [0.4, 0.5) is 0 Å². The number of rotatable bonds is 8. The fourth-order valence-corrected chi connectivity index (χ4v) is 7.27. The van der Waals surface area contributed by atoms with Gasteiger partial charge in [-0.2, -0.15) is 5.10 Å². The average Bonchev–Trinajstić information content (AvgIpc) is 3.39. The van der Waals surface area contributed by atoms with Crippen molar-refractivity contribution in [2.45, 2.75) is 30.8 Å². The maximum atomic E-state index is 13.9. The number of ether oxygens (including phenoxy) is 2. The molecular formula is C31H28N4O4S2. The van der Waals surface area contributed by atoms with Gasteiger partial charge in [0.15, 0.2) is 5.16 Å². The molecule has 0 atom stereocenters. The molecule has 0 saturated carbocycles. The molecule has 0 fully saturated rings. The topological polar surface area (TPSA) is 94.8 Å². The van der Waals surface area contributed by atoms with E-state index in [1.165, 1.54) is 16.6 Å². The highest BCUT2D eigenvalue weighted by molar-refractivity contribution is 7.99. The molecular weight excluding hydrogens is 556 g/mol. The molecule has 6 rings (SSSR count). The summed E-state index contributed by atoms with van der Waals surface area (Å²) in [4.78, 5) is 33.7. The number of hydrazone groups is 1. The van der Waals surface area contributed by atoms with E-state index < -0.39 is 0 Å². The van der Waals surface area contributed by atoms with Gasteiger partial charge in [0.05, 0.1) is 37.3 Å². The van der Waals surface area contributed by atoms with Crippen molar-refractivity contribution >= 4 is 56.2 Å². The summed E-state index contributed by atoms with van der Waals surface area (Å²) < 4.78 is 12.4. The number of thioether (sulfide) groups is 1. The number of benzene rings is 3. The Morgan fingerprint density at radius 3 is 2.68 bits per heavy atom. The summed E-state index contributed by atoms with van der Waals surface area (Å²) in [6, 6.07) is 19.1. The number of nitrogens with zero attached hydrogens (tertiary/aromatic N) is 3. The van der Waals surface area contributed by atoms with E-state index in [0.717, 1.165) is 52.4 Å². The predicted octanol–water partition coefficient (Wildman–Crippen LogP) is 5.74. The van der Waals surface area contributed by atoms with Crippen molar-refractivity contribution in [3.8, 4) is 17.2 Å². The van der Waals surface area contributed by atoms with Crippen LogP contribution in [0, 0.1) is 0 Å². The lowest BCUT2D eigenvalue weighted by Gasteiger charge is -2.14. The number of thiophene rings is 1. The Balaban J connectivity index is 1.28. The van der Waals surface area contributed by atoms with Crippen molar-refractivity contribution in [3.63, 3.8) is 0 Å². The van der Waals surface area contributed by atoms with Gasteiger partial charge in [0.25, 0.3) is 11.5 Å². The van der Waals surface area contributed by atoms with E-state index in [-0.39, 0.29) is 17.2 Å². The van der Waals surface area contributed by atoms with Crippen LogP contribution >= 0.6 is 23.1 Å². The standard InChI is InChI=1S/C31H28N4O4S2/c1-38-21-14-12-20(13-15-21)35-30(37)28-23-9-5-6-10-26(23)41-29(28)33-31(35)40-18-27(36)34-32-17-24-22-8-4-3-7-19(22)11-16-25(24)39-2/h3-4,7-8,11-17H,5-6,9-10,18H2,1-2H3,(H,34,36). The van der Waals surface area contributed by atoms with Gasteiger partial charge in [0.1, 0.15) is 16.3 Å². The van der Waals surface area contributed by atoms with Crippen molar-refractivity contribution in [2.75, 3.05) is 20.0 Å². The minimum Gasteiger partial charge on any atom is -0.497 e. The molecule has 41 heavy (non-hydrogen) atoms. The molecule has 2 aromatic heterocycles. The highest BCUT2D eigenvalue weighted by Gasteiger charge is 2.23. The normalized spacial score (nSPS) is 13.0. The molecule has 0 aliphatic heterocycles. The number of hydrogen-bond donors (Lipinski definition) is 1. The summed E-state index contributed by atoms with van der Waals surface area (Å²) in [5.41, 5.74) is 5.08. The smallest absolute Gasteiger partial charge is 0.267 e. The van der Waals surface area contributed by atoms with Crippen LogP contribution < -0.4 is 20.5 Å². The van der Waals surface area contributed by atoms with E-state index in [9.17, 15) is 9.59 Å². The minimum absolute atomic E-state index is 0.0310. The Kier molecular flexibility index (Phi) is 7.76. The van der Waals surface area contributed by atoms with Crippen molar-refractivity contribution in [1.82, 2.24) is 15.0 Å². The lowest BCUT2D eigenvalue weighted by Crippen LogP contribution is -2.24. The molecule has 0 saturated heterocycles. The van der Waals surface area contributed by atoms with Crippen molar-refractivity contribution in [1.29, 1.82) is 0 Å². The first-order chi connectivity index (χ1) is 20.1. The fraction of sp³-hybridized carbons (Fsp3) is 0.226. The molecule has 2 heterocycles. The number of carbonyl (C=O) groups excluding carboxylic acids is 1. The van der Waals surface area contributed by atoms with Crippen LogP contribution in [0.15, 0.2) is 75.7 Å². The summed E-state index contributed by atoms with van der Waals surface area (Å²) in [6.07, 6.45) is 5.66. The first kappa shape index (κ1) is 27.0. The zero-order valence-corrected chi connectivity index (χ0v) is 24.3. The molecule has 0 unspecified atom stereocenters. The monoisotopic (exact) mass is 584 g/mol. The zero-order valence-electron chi connectivity index (χ0n) is 22.7. The van der Waals surface area contributed by atoms with E-state index in [1.807, 2.05) is 60.7 Å². The van der Waals surface area contributed by atoms with Gasteiger partial charge >= 0.3 is 0 Å². The largest absolute Gasteiger partial charge is 0.497 e. The third-order valence-electron chi connectivity index (χ3n) is 7.15. The number of carbonyl (C=O) groups is 1. The number of nitrogens with one attached hydrogen (secondary N) is 1. The first-order valence-electron chi connectivity index (χ1n) is 13.3. The number of hydrogen-bond acceptors (Lipinski definition) is 8. The molecule has 5 aromatic rings. The third-order valence-corrected chi connectivity index (χ3v) is 9.28. The Hall–Kier alpha value is -4.15. The first-order valence-corrected chi connectivity index (χ1v) is 15.1. The summed E-state index contributed by atoms with van der Waals surface area (Å²) in [6.45, 7) is 0. The molecule has 1 amide bonds. The van der Waals surface area contributed by atoms with Gasteiger partial charge in [0, 0.05) is 10.4 Å². The van der Waals surface area contributed by atoms with Gasteiger partial charge in [0.2, 0.25) is 0 Å². The van der Waals surface area contributed by atoms with E-state index in [0.29, 0.717) is 27.7 Å². The quantitative estimate of drug-likeness (QED) is 0.108. The SMILES string of the molecule is COc1ccc(-n2c(SCC(=O)NN=Cc3c(OC)ccc4ccccc34)nc3sc4c(c3c2=O)CCCC4)cc1. The van der Waals surface area contributed by atoms with E-state index in [4.69, 9.17) is 14.5 Å². The van der Waals surface area contributed by atoms with Gasteiger partial charge < -0.3 is 9.47 Å². The number of methoxy groups -OCH3 is 2. The molecule has 3 aromatic carbocycles. The second-order valence-electron chi connectivity index (χ2n) is 9.61. The lowest BCUT2D eigenvalue weighted by molar-refractivity contribution is -0.118. The van der Waals surface area contributed by atoms with Crippen LogP contribution in [-0.2, 0) is 17.6 Å². The Labute approximate surface area is 245 Å². The van der Waals surface area contributed by atoms with Gasteiger partial charge in [-0.15, -0.1) is 11.3 Å². The number of fused-ring (bicyclic) bond motifs is 4. The predicted molar refractivity (Wildman–Crippen MR) is 165 cm³/mol. The molecule has 208 valence electrons. The molecule has 8 nitrogen and oxygen atoms in total. The Bertz CT molecular complexity index is 1840. The third kappa shape index (κ3) is 5.32. The average molecular weight is 585 g/mol. The lowest BCUT2D eigenvalue weighted by atomic mass is 9.97. The van der Waals surface area contributed by atoms with E-state index >= 15 is 0 Å². The van der Waals surface area contributed by atoms with Crippen LogP contribution in [-0.4, -0.2) is 41.6 Å². The van der Waals surface area contributed by atoms with E-state index in [1.54, 1.807) is 36.3 Å². The van der Waals surface area contributed by atoms with Gasteiger partial charge in [-0.3, -0.25) is 14.2 Å². The molecule has 0 bridgehead atoms. The minimum atomic E-state index is -0.313. The highest BCUT2D eigenvalue weighted by atomic mass is 32.2. The Morgan fingerprint density at radius 2 is 1.88 bits per heavy atom. The number of aromatic nitrogens is 2. The summed E-state index contributed by atoms with van der Waals surface area (Å²) in [5.74, 6) is 1.07. The second-order valence-corrected chi connectivity index (χ2v) is 11.6. The van der Waals surface area contributed by atoms with Crippen LogP contribution in [0.3, 0.4) is 0 Å². The number of amides is 1. The van der Waals surface area contributed by atoms with Crippen LogP contribution in [0.25, 0.3) is 26.7 Å². The summed E-state index contributed by atoms with van der Waals surface area (Å²) >= 11 is 2.80. The zero-order chi connectivity index (χ0) is 28.3. The molecule has 0 spiro atoms. The van der Waals surface area contributed by atoms with Gasteiger partial charge in [-0.25, -0.2) is 10.4 Å². The maximum Gasteiger partial charge on any atom is 0.267 e. The molecule has 1 N–H and O–H groups in total. The van der Waals surface area contributed by atoms with Gasteiger partial charge in [-0.1, -0.05) is 42.1 Å².